The predicted molar refractivity (Wildman–Crippen MR) is 108 cm³/mol. The number of phenols is 1. The van der Waals surface area contributed by atoms with Gasteiger partial charge in [0.15, 0.2) is 23.1 Å². The van der Waals surface area contributed by atoms with Crippen molar-refractivity contribution in [2.24, 2.45) is 0 Å². The molecule has 2 aliphatic rings. The molecule has 2 aromatic rings. The van der Waals surface area contributed by atoms with E-state index in [4.69, 9.17) is 14.2 Å². The number of methoxy groups -OCH3 is 2. The zero-order valence-corrected chi connectivity index (χ0v) is 17.2. The number of likely N-dealkylation sites (tertiary alicyclic amines) is 1. The van der Waals surface area contributed by atoms with Crippen LogP contribution in [0.15, 0.2) is 30.3 Å². The third-order valence-electron chi connectivity index (χ3n) is 6.14. The van der Waals surface area contributed by atoms with Crippen LogP contribution < -0.4 is 9.47 Å². The summed E-state index contributed by atoms with van der Waals surface area (Å²) in [5.74, 6) is 0.204. The summed E-state index contributed by atoms with van der Waals surface area (Å²) in [5, 5.41) is 9.32. The molecule has 0 saturated carbocycles. The third kappa shape index (κ3) is 3.69. The molecule has 160 valence electrons. The minimum Gasteiger partial charge on any atom is -0.505 e. The Kier molecular flexibility index (Phi) is 5.56. The molecule has 2 aliphatic heterocycles. The number of fused-ring (bicyclic) bond motifs is 2. The number of halogens is 1. The van der Waals surface area contributed by atoms with Gasteiger partial charge >= 0.3 is 0 Å². The molecule has 6 nitrogen and oxygen atoms in total. The van der Waals surface area contributed by atoms with Crippen LogP contribution in [0.3, 0.4) is 0 Å². The summed E-state index contributed by atoms with van der Waals surface area (Å²) in [7, 11) is 3.25. The van der Waals surface area contributed by atoms with E-state index in [1.807, 2.05) is 12.1 Å². The molecule has 0 aliphatic carbocycles. The number of carbonyl (C=O) groups is 1. The Hall–Kier alpha value is -2.80. The van der Waals surface area contributed by atoms with Gasteiger partial charge < -0.3 is 24.2 Å². The highest BCUT2D eigenvalue weighted by atomic mass is 19.1. The van der Waals surface area contributed by atoms with E-state index in [0.29, 0.717) is 49.6 Å². The van der Waals surface area contributed by atoms with Gasteiger partial charge in [0.2, 0.25) is 5.91 Å². The fourth-order valence-corrected chi connectivity index (χ4v) is 4.46. The number of hydrogen-bond acceptors (Lipinski definition) is 5. The zero-order chi connectivity index (χ0) is 21.3. The standard InChI is InChI=1S/C23H26FNO5/c1-28-20-13-16-5-10-30-23(17(16)14-21(20)29-2)6-8-25(9-7-23)22(27)12-15-3-4-19(26)18(24)11-15/h3-4,11,13-14,26H,5-10,12H2,1-2H3. The van der Waals surface area contributed by atoms with Gasteiger partial charge in [-0.05, 0) is 60.2 Å². The summed E-state index contributed by atoms with van der Waals surface area (Å²) in [6, 6.07) is 8.08. The summed E-state index contributed by atoms with van der Waals surface area (Å²) >= 11 is 0. The van der Waals surface area contributed by atoms with E-state index in [-0.39, 0.29) is 12.3 Å². The number of piperidine rings is 1. The molecule has 4 rings (SSSR count). The minimum atomic E-state index is -0.713. The Morgan fingerprint density at radius 2 is 1.87 bits per heavy atom. The largest absolute Gasteiger partial charge is 0.505 e. The second kappa shape index (κ2) is 8.14. The van der Waals surface area contributed by atoms with Crippen LogP contribution in [0.1, 0.15) is 29.5 Å². The number of phenolic OH excluding ortho intramolecular Hbond substituents is 1. The predicted octanol–water partition coefficient (Wildman–Crippen LogP) is 3.18. The van der Waals surface area contributed by atoms with Crippen molar-refractivity contribution in [3.05, 3.63) is 52.8 Å². The average Bonchev–Trinajstić information content (AvgIpc) is 2.76. The van der Waals surface area contributed by atoms with E-state index < -0.39 is 17.2 Å². The average molecular weight is 415 g/mol. The Balaban J connectivity index is 1.49. The van der Waals surface area contributed by atoms with Crippen LogP contribution in [-0.4, -0.2) is 49.8 Å². The van der Waals surface area contributed by atoms with E-state index in [9.17, 15) is 14.3 Å². The Bertz CT molecular complexity index is 953. The first kappa shape index (κ1) is 20.5. The van der Waals surface area contributed by atoms with Crippen LogP contribution in [0.5, 0.6) is 17.2 Å². The van der Waals surface area contributed by atoms with Gasteiger partial charge in [-0.25, -0.2) is 4.39 Å². The highest BCUT2D eigenvalue weighted by molar-refractivity contribution is 5.79. The number of carbonyl (C=O) groups excluding carboxylic acids is 1. The van der Waals surface area contributed by atoms with Crippen LogP contribution in [0, 0.1) is 5.82 Å². The lowest BCUT2D eigenvalue weighted by Gasteiger charge is -2.45. The highest BCUT2D eigenvalue weighted by Gasteiger charge is 2.42. The summed E-state index contributed by atoms with van der Waals surface area (Å²) in [6.45, 7) is 1.75. The number of nitrogens with zero attached hydrogens (tertiary/aromatic N) is 1. The molecule has 0 aromatic heterocycles. The van der Waals surface area contributed by atoms with Gasteiger partial charge in [0, 0.05) is 13.1 Å². The van der Waals surface area contributed by atoms with E-state index in [2.05, 4.69) is 0 Å². The van der Waals surface area contributed by atoms with Gasteiger partial charge in [-0.3, -0.25) is 4.79 Å². The van der Waals surface area contributed by atoms with Crippen molar-refractivity contribution in [1.82, 2.24) is 4.90 Å². The third-order valence-corrected chi connectivity index (χ3v) is 6.14. The van der Waals surface area contributed by atoms with Gasteiger partial charge in [-0.15, -0.1) is 0 Å². The number of benzene rings is 2. The minimum absolute atomic E-state index is 0.0571. The molecule has 1 spiro atoms. The van der Waals surface area contributed by atoms with Gasteiger partial charge in [-0.1, -0.05) is 6.07 Å². The quantitative estimate of drug-likeness (QED) is 0.831. The number of ether oxygens (including phenoxy) is 3. The summed E-state index contributed by atoms with van der Waals surface area (Å²) < 4.78 is 30.8. The SMILES string of the molecule is COc1cc2c(cc1OC)C1(CCN(C(=O)Cc3ccc(O)c(F)c3)CC1)OCC2. The van der Waals surface area contributed by atoms with Crippen molar-refractivity contribution in [2.75, 3.05) is 33.9 Å². The smallest absolute Gasteiger partial charge is 0.226 e. The van der Waals surface area contributed by atoms with Gasteiger partial charge in [-0.2, -0.15) is 0 Å². The number of amides is 1. The summed E-state index contributed by atoms with van der Waals surface area (Å²) in [5.41, 5.74) is 2.42. The van der Waals surface area contributed by atoms with Gasteiger partial charge in [0.05, 0.1) is 32.8 Å². The monoisotopic (exact) mass is 415 g/mol. The Morgan fingerprint density at radius 1 is 1.17 bits per heavy atom. The van der Waals surface area contributed by atoms with Crippen molar-refractivity contribution in [3.8, 4) is 17.2 Å². The lowest BCUT2D eigenvalue weighted by molar-refractivity contribution is -0.140. The normalized spacial score (nSPS) is 17.5. The molecule has 7 heteroatoms. The number of aromatic hydroxyl groups is 1. The lowest BCUT2D eigenvalue weighted by atomic mass is 9.79. The first-order valence-corrected chi connectivity index (χ1v) is 10.1. The lowest BCUT2D eigenvalue weighted by Crippen LogP contribution is -2.48. The maximum Gasteiger partial charge on any atom is 0.226 e. The molecular formula is C23H26FNO5. The topological polar surface area (TPSA) is 68.2 Å². The van der Waals surface area contributed by atoms with Crippen molar-refractivity contribution < 1.29 is 28.5 Å². The summed E-state index contributed by atoms with van der Waals surface area (Å²) in [6.07, 6.45) is 2.29. The second-order valence-corrected chi connectivity index (χ2v) is 7.80. The van der Waals surface area contributed by atoms with Crippen LogP contribution in [0.2, 0.25) is 0 Å². The first-order valence-electron chi connectivity index (χ1n) is 10.1. The van der Waals surface area contributed by atoms with E-state index in [1.54, 1.807) is 25.2 Å². The van der Waals surface area contributed by atoms with Gasteiger partial charge in [0.25, 0.3) is 0 Å². The van der Waals surface area contributed by atoms with E-state index in [0.717, 1.165) is 12.0 Å². The molecule has 0 unspecified atom stereocenters. The molecule has 1 amide bonds. The Labute approximate surface area is 175 Å². The molecule has 2 aromatic carbocycles. The molecule has 0 radical (unpaired) electrons. The fraction of sp³-hybridized carbons (Fsp3) is 0.435. The van der Waals surface area contributed by atoms with E-state index in [1.165, 1.54) is 17.7 Å². The van der Waals surface area contributed by atoms with Crippen molar-refractivity contribution >= 4 is 5.91 Å². The maximum absolute atomic E-state index is 13.6. The van der Waals surface area contributed by atoms with Crippen molar-refractivity contribution in [2.45, 2.75) is 31.3 Å². The molecule has 1 saturated heterocycles. The molecule has 0 bridgehead atoms. The second-order valence-electron chi connectivity index (χ2n) is 7.80. The molecule has 1 fully saturated rings. The van der Waals surface area contributed by atoms with Crippen LogP contribution in [0.4, 0.5) is 4.39 Å². The van der Waals surface area contributed by atoms with Crippen LogP contribution >= 0.6 is 0 Å². The maximum atomic E-state index is 13.6. The number of hydrogen-bond donors (Lipinski definition) is 1. The molecule has 2 heterocycles. The van der Waals surface area contributed by atoms with Crippen molar-refractivity contribution in [3.63, 3.8) is 0 Å². The van der Waals surface area contributed by atoms with E-state index >= 15 is 0 Å². The number of rotatable bonds is 4. The zero-order valence-electron chi connectivity index (χ0n) is 17.2. The van der Waals surface area contributed by atoms with Crippen molar-refractivity contribution in [1.29, 1.82) is 0 Å². The fourth-order valence-electron chi connectivity index (χ4n) is 4.46. The molecular weight excluding hydrogens is 389 g/mol. The molecule has 0 atom stereocenters. The van der Waals surface area contributed by atoms with Crippen LogP contribution in [0.25, 0.3) is 0 Å². The molecule has 1 N–H and O–H groups in total. The highest BCUT2D eigenvalue weighted by Crippen LogP contribution is 2.45. The van der Waals surface area contributed by atoms with Crippen LogP contribution in [-0.2, 0) is 28.0 Å². The Morgan fingerprint density at radius 3 is 2.53 bits per heavy atom. The van der Waals surface area contributed by atoms with Gasteiger partial charge in [0.1, 0.15) is 0 Å². The first-order chi connectivity index (χ1) is 14.5. The summed E-state index contributed by atoms with van der Waals surface area (Å²) in [4.78, 5) is 14.5. The molecule has 30 heavy (non-hydrogen) atoms.